The number of ether oxygens (including phenoxy) is 3. The molecule has 0 spiro atoms. The molecule has 0 aliphatic carbocycles. The van der Waals surface area contributed by atoms with Crippen LogP contribution < -0.4 is 0 Å². The van der Waals surface area contributed by atoms with Gasteiger partial charge in [0.1, 0.15) is 0 Å². The van der Waals surface area contributed by atoms with Crippen molar-refractivity contribution in [1.82, 2.24) is 0 Å². The second-order valence-electron chi connectivity index (χ2n) is 6.24. The summed E-state index contributed by atoms with van der Waals surface area (Å²) in [5.41, 5.74) is 27.8. The van der Waals surface area contributed by atoms with Crippen molar-refractivity contribution in [2.24, 2.45) is 15.3 Å². The topological polar surface area (TPSA) is 174 Å². The summed E-state index contributed by atoms with van der Waals surface area (Å²) < 4.78 is 17.0. The van der Waals surface area contributed by atoms with Gasteiger partial charge in [-0.05, 0) is 52.5 Å². The molecule has 12 nitrogen and oxygen atoms in total. The van der Waals surface area contributed by atoms with Gasteiger partial charge in [0.25, 0.3) is 0 Å². The van der Waals surface area contributed by atoms with Crippen LogP contribution in [0.15, 0.2) is 33.5 Å². The molecule has 0 saturated heterocycles. The Morgan fingerprint density at radius 2 is 0.867 bits per heavy atom. The van der Waals surface area contributed by atoms with E-state index in [0.717, 1.165) is 16.7 Å². The molecule has 1 aromatic carbocycles. The minimum Gasteiger partial charge on any atom is -0.377 e. The van der Waals surface area contributed by atoms with Crippen LogP contribution in [-0.4, -0.2) is 39.5 Å². The molecule has 0 fully saturated rings. The molecule has 0 unspecified atom stereocenters. The summed E-state index contributed by atoms with van der Waals surface area (Å²) in [6.45, 7) is 4.05. The summed E-state index contributed by atoms with van der Waals surface area (Å²) in [6.07, 6.45) is 2.00. The van der Waals surface area contributed by atoms with E-state index in [1.54, 1.807) is 0 Å². The van der Waals surface area contributed by atoms with Gasteiger partial charge >= 0.3 is 0 Å². The standard InChI is InChI=1S/C18H27N9O3/c19-25-22-4-1-7-28-13-16-10-17(14-29-8-2-5-23-26-20)12-18(11-16)15-30-9-3-6-24-27-21/h10-12H,1-9,13-15H2. The minimum absolute atomic E-state index is 0.412. The quantitative estimate of drug-likeness (QED) is 0.136. The first-order valence-electron chi connectivity index (χ1n) is 9.67. The lowest BCUT2D eigenvalue weighted by atomic mass is 10.1. The van der Waals surface area contributed by atoms with Crippen LogP contribution in [0, 0.1) is 0 Å². The summed E-state index contributed by atoms with van der Waals surface area (Å²) >= 11 is 0. The third kappa shape index (κ3) is 13.2. The Bertz CT molecular complexity index is 643. The van der Waals surface area contributed by atoms with Gasteiger partial charge in [0.15, 0.2) is 0 Å². The number of azide groups is 3. The smallest absolute Gasteiger partial charge is 0.0717 e. The second kappa shape index (κ2) is 18.1. The van der Waals surface area contributed by atoms with Crippen molar-refractivity contribution in [2.75, 3.05) is 39.5 Å². The van der Waals surface area contributed by atoms with Crippen LogP contribution in [0.25, 0.3) is 31.3 Å². The minimum atomic E-state index is 0.412. The summed E-state index contributed by atoms with van der Waals surface area (Å²) in [7, 11) is 0. The fraction of sp³-hybridized carbons (Fsp3) is 0.667. The summed E-state index contributed by atoms with van der Waals surface area (Å²) in [5, 5.41) is 10.4. The van der Waals surface area contributed by atoms with Gasteiger partial charge in [0.2, 0.25) is 0 Å². The Balaban J connectivity index is 2.56. The second-order valence-corrected chi connectivity index (χ2v) is 6.24. The Labute approximate surface area is 175 Å². The Kier molecular flexibility index (Phi) is 15.1. The molecule has 12 heteroatoms. The largest absolute Gasteiger partial charge is 0.377 e. The lowest BCUT2D eigenvalue weighted by Gasteiger charge is -2.11. The van der Waals surface area contributed by atoms with E-state index in [0.29, 0.717) is 78.5 Å². The third-order valence-electron chi connectivity index (χ3n) is 3.75. The molecule has 0 aromatic heterocycles. The average Bonchev–Trinajstić information content (AvgIpc) is 2.75. The van der Waals surface area contributed by atoms with E-state index in [2.05, 4.69) is 30.1 Å². The SMILES string of the molecule is [N-]=[N+]=NCCCOCc1cc(COCCCN=[N+]=[N-])cc(COCCCN=[N+]=[N-])c1. The normalized spacial score (nSPS) is 10.0. The number of rotatable bonds is 18. The van der Waals surface area contributed by atoms with Crippen molar-refractivity contribution in [3.05, 3.63) is 66.2 Å². The zero-order valence-electron chi connectivity index (χ0n) is 17.0. The highest BCUT2D eigenvalue weighted by molar-refractivity contribution is 5.29. The van der Waals surface area contributed by atoms with Crippen LogP contribution in [0.2, 0.25) is 0 Å². The number of hydrogen-bond donors (Lipinski definition) is 0. The molecular weight excluding hydrogens is 390 g/mol. The van der Waals surface area contributed by atoms with Crippen molar-refractivity contribution in [1.29, 1.82) is 0 Å². The predicted octanol–water partition coefficient (Wildman–Crippen LogP) is 5.34. The van der Waals surface area contributed by atoms with Gasteiger partial charge in [-0.15, -0.1) is 0 Å². The molecule has 0 N–H and O–H groups in total. The van der Waals surface area contributed by atoms with Gasteiger partial charge in [-0.1, -0.05) is 33.5 Å². The fourth-order valence-electron chi connectivity index (χ4n) is 2.51. The highest BCUT2D eigenvalue weighted by Crippen LogP contribution is 2.14. The average molecular weight is 417 g/mol. The van der Waals surface area contributed by atoms with Crippen LogP contribution >= 0.6 is 0 Å². The van der Waals surface area contributed by atoms with Gasteiger partial charge in [-0.2, -0.15) is 0 Å². The Hall–Kier alpha value is -2.97. The molecule has 1 aromatic rings. The van der Waals surface area contributed by atoms with E-state index in [1.165, 1.54) is 0 Å². The Morgan fingerprint density at radius 3 is 1.13 bits per heavy atom. The van der Waals surface area contributed by atoms with Crippen LogP contribution in [0.5, 0.6) is 0 Å². The number of nitrogens with zero attached hydrogens (tertiary/aromatic N) is 9. The van der Waals surface area contributed by atoms with E-state index >= 15 is 0 Å². The first-order valence-corrected chi connectivity index (χ1v) is 9.67. The summed E-state index contributed by atoms with van der Waals surface area (Å²) in [6, 6.07) is 6.06. The number of hydrogen-bond acceptors (Lipinski definition) is 6. The van der Waals surface area contributed by atoms with Crippen LogP contribution in [0.3, 0.4) is 0 Å². The van der Waals surface area contributed by atoms with Crippen molar-refractivity contribution >= 4 is 0 Å². The van der Waals surface area contributed by atoms with Crippen molar-refractivity contribution in [3.8, 4) is 0 Å². The zero-order chi connectivity index (χ0) is 21.7. The highest BCUT2D eigenvalue weighted by Gasteiger charge is 2.04. The molecule has 0 heterocycles. The molecule has 0 radical (unpaired) electrons. The molecule has 0 aliphatic heterocycles. The maximum atomic E-state index is 8.28. The van der Waals surface area contributed by atoms with E-state index < -0.39 is 0 Å². The maximum absolute atomic E-state index is 8.28. The molecule has 0 bridgehead atoms. The monoisotopic (exact) mass is 417 g/mol. The van der Waals surface area contributed by atoms with Gasteiger partial charge in [-0.3, -0.25) is 0 Å². The molecule has 30 heavy (non-hydrogen) atoms. The predicted molar refractivity (Wildman–Crippen MR) is 111 cm³/mol. The molecule has 0 saturated carbocycles. The lowest BCUT2D eigenvalue weighted by molar-refractivity contribution is 0.112. The summed E-state index contributed by atoms with van der Waals surface area (Å²) in [5.74, 6) is 0. The lowest BCUT2D eigenvalue weighted by Crippen LogP contribution is -2.03. The maximum Gasteiger partial charge on any atom is 0.0717 e. The highest BCUT2D eigenvalue weighted by atomic mass is 16.5. The molecule has 0 amide bonds. The molecule has 1 rings (SSSR count). The zero-order valence-corrected chi connectivity index (χ0v) is 17.0. The summed E-state index contributed by atoms with van der Waals surface area (Å²) in [4.78, 5) is 8.14. The molecular formula is C18H27N9O3. The Morgan fingerprint density at radius 1 is 0.567 bits per heavy atom. The van der Waals surface area contributed by atoms with Crippen LogP contribution in [-0.2, 0) is 34.0 Å². The molecule has 0 atom stereocenters. The van der Waals surface area contributed by atoms with Gasteiger partial charge in [-0.25, -0.2) is 0 Å². The van der Waals surface area contributed by atoms with Gasteiger partial charge in [0, 0.05) is 54.2 Å². The van der Waals surface area contributed by atoms with Crippen molar-refractivity contribution in [2.45, 2.75) is 39.1 Å². The van der Waals surface area contributed by atoms with Crippen LogP contribution in [0.1, 0.15) is 36.0 Å². The first-order chi connectivity index (χ1) is 14.8. The first kappa shape index (κ1) is 25.1. The van der Waals surface area contributed by atoms with Gasteiger partial charge in [0.05, 0.1) is 19.8 Å². The van der Waals surface area contributed by atoms with E-state index in [4.69, 9.17) is 30.8 Å². The third-order valence-corrected chi connectivity index (χ3v) is 3.75. The fourth-order valence-corrected chi connectivity index (χ4v) is 2.51. The van der Waals surface area contributed by atoms with Crippen LogP contribution in [0.4, 0.5) is 0 Å². The van der Waals surface area contributed by atoms with Crippen molar-refractivity contribution < 1.29 is 14.2 Å². The molecule has 162 valence electrons. The van der Waals surface area contributed by atoms with E-state index in [1.807, 2.05) is 18.2 Å². The van der Waals surface area contributed by atoms with Gasteiger partial charge < -0.3 is 14.2 Å². The van der Waals surface area contributed by atoms with E-state index in [-0.39, 0.29) is 0 Å². The molecule has 0 aliphatic rings. The van der Waals surface area contributed by atoms with E-state index in [9.17, 15) is 0 Å². The number of benzene rings is 1. The van der Waals surface area contributed by atoms with Crippen molar-refractivity contribution in [3.63, 3.8) is 0 Å².